The van der Waals surface area contributed by atoms with Crippen molar-refractivity contribution in [1.82, 2.24) is 20.9 Å². The van der Waals surface area contributed by atoms with Crippen LogP contribution in [0.2, 0.25) is 0 Å². The van der Waals surface area contributed by atoms with Crippen molar-refractivity contribution < 1.29 is 9.59 Å². The van der Waals surface area contributed by atoms with E-state index in [9.17, 15) is 9.59 Å². The number of unbranched alkanes of at least 4 members (excludes halogenated alkanes) is 1. The van der Waals surface area contributed by atoms with Crippen LogP contribution in [0.1, 0.15) is 64.8 Å². The quantitative estimate of drug-likeness (QED) is 0.468. The van der Waals surface area contributed by atoms with Crippen LogP contribution in [-0.4, -0.2) is 32.6 Å². The molecule has 0 aromatic carbocycles. The minimum absolute atomic E-state index is 0.0102. The van der Waals surface area contributed by atoms with Crippen LogP contribution in [0.25, 0.3) is 0 Å². The summed E-state index contributed by atoms with van der Waals surface area (Å²) in [7, 11) is 0. The summed E-state index contributed by atoms with van der Waals surface area (Å²) in [6, 6.07) is 0. The maximum Gasteiger partial charge on any atom is 0.229 e. The lowest BCUT2D eigenvalue weighted by Gasteiger charge is -2.14. The molecular formula is C18H30N6O2S2. The Bertz CT molecular complexity index is 693. The van der Waals surface area contributed by atoms with Gasteiger partial charge in [0.25, 0.3) is 0 Å². The van der Waals surface area contributed by atoms with Gasteiger partial charge in [0.05, 0.1) is 5.04 Å². The number of amides is 2. The Morgan fingerprint density at radius 2 is 1.75 bits per heavy atom. The molecule has 0 aliphatic carbocycles. The number of hydrogen-bond acceptors (Lipinski definition) is 8. The molecule has 2 rings (SSSR count). The van der Waals surface area contributed by atoms with E-state index in [0.717, 1.165) is 48.6 Å². The maximum atomic E-state index is 11.9. The number of aryl methyl sites for hydroxylation is 1. The molecule has 3 N–H and O–H groups in total. The van der Waals surface area contributed by atoms with Crippen molar-refractivity contribution in [2.45, 2.75) is 71.7 Å². The Balaban J connectivity index is 1.63. The van der Waals surface area contributed by atoms with Gasteiger partial charge in [-0.3, -0.25) is 15.0 Å². The fourth-order valence-corrected chi connectivity index (χ4v) is 4.03. The molecule has 0 saturated carbocycles. The summed E-state index contributed by atoms with van der Waals surface area (Å²) in [5, 5.41) is 20.8. The Labute approximate surface area is 174 Å². The van der Waals surface area contributed by atoms with Crippen molar-refractivity contribution in [3.63, 3.8) is 0 Å². The van der Waals surface area contributed by atoms with Crippen LogP contribution in [0.4, 0.5) is 5.13 Å². The van der Waals surface area contributed by atoms with Crippen LogP contribution in [0.5, 0.6) is 0 Å². The smallest absolute Gasteiger partial charge is 0.229 e. The summed E-state index contributed by atoms with van der Waals surface area (Å²) >= 11 is 3.00. The Morgan fingerprint density at radius 1 is 1.07 bits per heavy atom. The predicted molar refractivity (Wildman–Crippen MR) is 115 cm³/mol. The van der Waals surface area contributed by atoms with Gasteiger partial charge >= 0.3 is 0 Å². The summed E-state index contributed by atoms with van der Waals surface area (Å²) in [6.07, 6.45) is 5.27. The van der Waals surface area contributed by atoms with Crippen LogP contribution < -0.4 is 16.1 Å². The molecule has 0 spiro atoms. The maximum absolute atomic E-state index is 11.9. The number of carbonyl (C=O) groups excluding carboxylic acids is 2. The van der Waals surface area contributed by atoms with E-state index in [2.05, 4.69) is 31.4 Å². The fraction of sp³-hybridized carbons (Fsp3) is 0.722. The molecule has 156 valence electrons. The number of anilines is 1. The highest BCUT2D eigenvalue weighted by molar-refractivity contribution is 8.14. The predicted octanol–water partition coefficient (Wildman–Crippen LogP) is 3.33. The number of thioether (sulfide) groups is 1. The van der Waals surface area contributed by atoms with E-state index in [-0.39, 0.29) is 29.1 Å². The van der Waals surface area contributed by atoms with Crippen LogP contribution >= 0.6 is 23.1 Å². The molecule has 3 atom stereocenters. The molecule has 1 aliphatic rings. The van der Waals surface area contributed by atoms with Gasteiger partial charge in [-0.25, -0.2) is 0 Å². The molecule has 2 amide bonds. The second-order valence-corrected chi connectivity index (χ2v) is 9.20. The minimum atomic E-state index is -0.170. The molecule has 1 aliphatic heterocycles. The first-order chi connectivity index (χ1) is 13.4. The molecule has 28 heavy (non-hydrogen) atoms. The van der Waals surface area contributed by atoms with E-state index in [4.69, 9.17) is 0 Å². The molecule has 2 heterocycles. The third kappa shape index (κ3) is 7.05. The summed E-state index contributed by atoms with van der Waals surface area (Å²) < 4.78 is 0. The van der Waals surface area contributed by atoms with Crippen molar-refractivity contribution in [2.75, 3.05) is 5.32 Å². The molecule has 0 radical (unpaired) electrons. The van der Waals surface area contributed by atoms with Gasteiger partial charge in [-0.05, 0) is 32.1 Å². The molecule has 8 nitrogen and oxygen atoms in total. The summed E-state index contributed by atoms with van der Waals surface area (Å²) in [6.45, 7) is 7.81. The van der Waals surface area contributed by atoms with Gasteiger partial charge in [0.1, 0.15) is 5.01 Å². The zero-order valence-corrected chi connectivity index (χ0v) is 18.6. The van der Waals surface area contributed by atoms with E-state index in [1.165, 1.54) is 11.3 Å². The molecule has 1 aromatic heterocycles. The number of hydrazone groups is 1. The van der Waals surface area contributed by atoms with Gasteiger partial charge in [0.15, 0.2) is 5.50 Å². The third-order valence-electron chi connectivity index (χ3n) is 4.68. The van der Waals surface area contributed by atoms with Crippen LogP contribution in [0.3, 0.4) is 0 Å². The van der Waals surface area contributed by atoms with Gasteiger partial charge in [-0.2, -0.15) is 5.10 Å². The van der Waals surface area contributed by atoms with Gasteiger partial charge in [-0.1, -0.05) is 50.8 Å². The molecule has 0 bridgehead atoms. The second kappa shape index (κ2) is 11.4. The first kappa shape index (κ1) is 22.6. The number of nitrogens with zero attached hydrogens (tertiary/aromatic N) is 3. The standard InChI is InChI=1S/C18H30N6O2S2/c1-5-11(3)15(25)19-17-23-21-13(27-17)9-7-8-10-14-22-24-18(28-14)20-16(26)12(4)6-2/h11-12,17,23H,5-10H2,1-4H3,(H,19,25)(H,20,24,26). The topological polar surface area (TPSA) is 108 Å². The molecule has 0 saturated heterocycles. The second-order valence-electron chi connectivity index (χ2n) is 6.96. The summed E-state index contributed by atoms with van der Waals surface area (Å²) in [5.74, 6) is 0.0306. The highest BCUT2D eigenvalue weighted by Crippen LogP contribution is 2.22. The SMILES string of the molecule is CCC(C)C(=O)Nc1nnc(CCCCC2=NNC(NC(=O)C(C)CC)S2)s1. The highest BCUT2D eigenvalue weighted by atomic mass is 32.2. The largest absolute Gasteiger partial charge is 0.326 e. The Kier molecular flexibility index (Phi) is 9.17. The van der Waals surface area contributed by atoms with Crippen molar-refractivity contribution in [1.29, 1.82) is 0 Å². The van der Waals surface area contributed by atoms with E-state index in [1.54, 1.807) is 11.8 Å². The van der Waals surface area contributed by atoms with Crippen molar-refractivity contribution in [3.8, 4) is 0 Å². The Hall–Kier alpha value is -1.68. The monoisotopic (exact) mass is 426 g/mol. The lowest BCUT2D eigenvalue weighted by atomic mass is 10.1. The lowest BCUT2D eigenvalue weighted by molar-refractivity contribution is -0.125. The first-order valence-corrected chi connectivity index (χ1v) is 11.5. The zero-order valence-electron chi connectivity index (χ0n) is 16.9. The summed E-state index contributed by atoms with van der Waals surface area (Å²) in [4.78, 5) is 23.8. The van der Waals surface area contributed by atoms with Crippen molar-refractivity contribution in [2.24, 2.45) is 16.9 Å². The van der Waals surface area contributed by atoms with E-state index in [1.807, 2.05) is 27.7 Å². The van der Waals surface area contributed by atoms with Gasteiger partial charge in [-0.15, -0.1) is 10.2 Å². The van der Waals surface area contributed by atoms with Crippen LogP contribution in [0.15, 0.2) is 5.10 Å². The zero-order chi connectivity index (χ0) is 20.5. The average molecular weight is 427 g/mol. The molecule has 10 heteroatoms. The first-order valence-electron chi connectivity index (χ1n) is 9.85. The lowest BCUT2D eigenvalue weighted by Crippen LogP contribution is -2.41. The van der Waals surface area contributed by atoms with Gasteiger partial charge in [0, 0.05) is 18.3 Å². The van der Waals surface area contributed by atoms with Crippen LogP contribution in [0, 0.1) is 11.8 Å². The van der Waals surface area contributed by atoms with E-state index >= 15 is 0 Å². The van der Waals surface area contributed by atoms with Crippen LogP contribution in [-0.2, 0) is 16.0 Å². The van der Waals surface area contributed by atoms with E-state index < -0.39 is 0 Å². The van der Waals surface area contributed by atoms with Gasteiger partial charge in [0.2, 0.25) is 16.9 Å². The molecule has 3 unspecified atom stereocenters. The number of aromatic nitrogens is 2. The number of rotatable bonds is 11. The van der Waals surface area contributed by atoms with Crippen molar-refractivity contribution >= 4 is 45.1 Å². The average Bonchev–Trinajstić information content (AvgIpc) is 3.33. The number of carbonyl (C=O) groups is 2. The minimum Gasteiger partial charge on any atom is -0.326 e. The van der Waals surface area contributed by atoms with E-state index in [0.29, 0.717) is 5.13 Å². The summed E-state index contributed by atoms with van der Waals surface area (Å²) in [5.41, 5.74) is 2.80. The molecule has 0 fully saturated rings. The highest BCUT2D eigenvalue weighted by Gasteiger charge is 2.22. The third-order valence-corrected chi connectivity index (χ3v) is 6.61. The normalized spacial score (nSPS) is 18.1. The number of nitrogens with one attached hydrogen (secondary N) is 3. The molecular weight excluding hydrogens is 396 g/mol. The molecule has 1 aromatic rings. The Morgan fingerprint density at radius 3 is 2.46 bits per heavy atom. The van der Waals surface area contributed by atoms with Gasteiger partial charge < -0.3 is 10.6 Å². The fourth-order valence-electron chi connectivity index (χ4n) is 2.32. The van der Waals surface area contributed by atoms with Crippen molar-refractivity contribution in [3.05, 3.63) is 5.01 Å². The number of hydrogen-bond donors (Lipinski definition) is 3.